The van der Waals surface area contributed by atoms with Crippen molar-refractivity contribution in [1.82, 2.24) is 14.8 Å². The molecule has 3 aromatic rings. The van der Waals surface area contributed by atoms with Crippen molar-refractivity contribution in [3.05, 3.63) is 35.7 Å². The number of furan rings is 1. The van der Waals surface area contributed by atoms with Crippen LogP contribution < -0.4 is 0 Å². The third-order valence-corrected chi connectivity index (χ3v) is 4.10. The lowest BCUT2D eigenvalue weighted by molar-refractivity contribution is -0.145. The van der Waals surface area contributed by atoms with Gasteiger partial charge in [-0.3, -0.25) is 4.68 Å². The average molecular weight is 341 g/mol. The highest BCUT2D eigenvalue weighted by Gasteiger charge is 2.32. The second kappa shape index (κ2) is 5.73. The number of carbonyl (C=O) groups is 2. The zero-order valence-electron chi connectivity index (χ0n) is 13.7. The van der Waals surface area contributed by atoms with E-state index in [2.05, 4.69) is 10.1 Å². The third kappa shape index (κ3) is 2.55. The molecule has 0 bridgehead atoms. The SMILES string of the molecule is Cc1nn(C)c2nc(-c3ccco3)cc(C(=O)OC3CCOC3=O)c12. The Bertz CT molecular complexity index is 974. The number of hydrogen-bond donors (Lipinski definition) is 0. The van der Waals surface area contributed by atoms with Crippen molar-refractivity contribution in [1.29, 1.82) is 0 Å². The molecule has 3 aromatic heterocycles. The Morgan fingerprint density at radius 1 is 1.44 bits per heavy atom. The molecule has 0 aromatic carbocycles. The van der Waals surface area contributed by atoms with E-state index in [4.69, 9.17) is 13.9 Å². The van der Waals surface area contributed by atoms with Crippen LogP contribution >= 0.6 is 0 Å². The molecule has 0 spiro atoms. The summed E-state index contributed by atoms with van der Waals surface area (Å²) in [7, 11) is 1.75. The first-order chi connectivity index (χ1) is 12.0. The van der Waals surface area contributed by atoms with Crippen molar-refractivity contribution in [3.63, 3.8) is 0 Å². The predicted molar refractivity (Wildman–Crippen MR) is 85.7 cm³/mol. The first kappa shape index (κ1) is 15.4. The monoisotopic (exact) mass is 341 g/mol. The summed E-state index contributed by atoms with van der Waals surface area (Å²) < 4.78 is 17.2. The Hall–Kier alpha value is -3.16. The minimum Gasteiger partial charge on any atom is -0.463 e. The summed E-state index contributed by atoms with van der Waals surface area (Å²) in [5.74, 6) is -0.608. The van der Waals surface area contributed by atoms with Gasteiger partial charge < -0.3 is 13.9 Å². The number of carbonyl (C=O) groups excluding carboxylic acids is 2. The summed E-state index contributed by atoms with van der Waals surface area (Å²) in [6.45, 7) is 2.04. The van der Waals surface area contributed by atoms with Crippen molar-refractivity contribution in [3.8, 4) is 11.5 Å². The zero-order chi connectivity index (χ0) is 17.6. The van der Waals surface area contributed by atoms with Crippen LogP contribution in [0.15, 0.2) is 28.9 Å². The van der Waals surface area contributed by atoms with Crippen LogP contribution in [0.2, 0.25) is 0 Å². The molecule has 128 valence electrons. The minimum absolute atomic E-state index is 0.256. The standard InChI is InChI=1S/C17H15N3O5/c1-9-14-10(16(21)25-13-5-7-24-17(13)22)8-11(12-4-3-6-23-12)18-15(14)20(2)19-9/h3-4,6,8,13H,5,7H2,1-2H3. The lowest BCUT2D eigenvalue weighted by atomic mass is 10.1. The fourth-order valence-corrected chi connectivity index (χ4v) is 2.93. The van der Waals surface area contributed by atoms with Crippen LogP contribution in [-0.4, -0.2) is 39.4 Å². The third-order valence-electron chi connectivity index (χ3n) is 4.10. The largest absolute Gasteiger partial charge is 0.463 e. The maximum atomic E-state index is 12.7. The van der Waals surface area contributed by atoms with Crippen molar-refractivity contribution in [2.24, 2.45) is 7.05 Å². The van der Waals surface area contributed by atoms with Gasteiger partial charge in [-0.1, -0.05) is 0 Å². The molecular weight excluding hydrogens is 326 g/mol. The van der Waals surface area contributed by atoms with E-state index in [9.17, 15) is 9.59 Å². The molecule has 4 heterocycles. The lowest BCUT2D eigenvalue weighted by Gasteiger charge is -2.10. The second-order valence-electron chi connectivity index (χ2n) is 5.79. The van der Waals surface area contributed by atoms with Crippen molar-refractivity contribution in [2.45, 2.75) is 19.4 Å². The number of hydrogen-bond acceptors (Lipinski definition) is 7. The van der Waals surface area contributed by atoms with E-state index in [0.29, 0.717) is 40.2 Å². The number of aryl methyl sites for hydroxylation is 2. The molecule has 1 atom stereocenters. The highest BCUT2D eigenvalue weighted by molar-refractivity contribution is 6.05. The number of aromatic nitrogens is 3. The molecule has 8 heteroatoms. The van der Waals surface area contributed by atoms with Crippen molar-refractivity contribution >= 4 is 23.0 Å². The second-order valence-corrected chi connectivity index (χ2v) is 5.79. The van der Waals surface area contributed by atoms with Crippen LogP contribution in [0, 0.1) is 6.92 Å². The normalized spacial score (nSPS) is 17.0. The van der Waals surface area contributed by atoms with Crippen molar-refractivity contribution in [2.75, 3.05) is 6.61 Å². The zero-order valence-corrected chi connectivity index (χ0v) is 13.7. The molecule has 1 unspecified atom stereocenters. The maximum Gasteiger partial charge on any atom is 0.347 e. The maximum absolute atomic E-state index is 12.7. The fourth-order valence-electron chi connectivity index (χ4n) is 2.93. The molecule has 0 amide bonds. The summed E-state index contributed by atoms with van der Waals surface area (Å²) in [4.78, 5) is 28.8. The molecule has 0 aliphatic carbocycles. The van der Waals surface area contributed by atoms with Gasteiger partial charge in [0.2, 0.25) is 6.10 Å². The molecule has 4 rings (SSSR count). The number of pyridine rings is 1. The highest BCUT2D eigenvalue weighted by atomic mass is 16.6. The lowest BCUT2D eigenvalue weighted by Crippen LogP contribution is -2.23. The number of ether oxygens (including phenoxy) is 2. The van der Waals surface area contributed by atoms with E-state index in [-0.39, 0.29) is 6.61 Å². The number of rotatable bonds is 3. The first-order valence-electron chi connectivity index (χ1n) is 7.80. The first-order valence-corrected chi connectivity index (χ1v) is 7.80. The molecule has 1 fully saturated rings. The number of esters is 2. The van der Waals surface area contributed by atoms with E-state index in [1.165, 1.54) is 6.26 Å². The summed E-state index contributed by atoms with van der Waals surface area (Å²) in [5.41, 5.74) is 1.97. The van der Waals surface area contributed by atoms with Crippen LogP contribution in [0.5, 0.6) is 0 Å². The molecule has 0 saturated carbocycles. The highest BCUT2D eigenvalue weighted by Crippen LogP contribution is 2.28. The summed E-state index contributed by atoms with van der Waals surface area (Å²) in [6, 6.07) is 5.08. The number of nitrogens with zero attached hydrogens (tertiary/aromatic N) is 3. The minimum atomic E-state index is -0.875. The molecular formula is C17H15N3O5. The molecule has 1 saturated heterocycles. The fraction of sp³-hybridized carbons (Fsp3) is 0.294. The Labute approximate surface area is 142 Å². The van der Waals surface area contributed by atoms with E-state index in [1.807, 2.05) is 0 Å². The predicted octanol–water partition coefficient (Wildman–Crippen LogP) is 2.01. The molecule has 0 radical (unpaired) electrons. The average Bonchev–Trinajstić information content (AvgIpc) is 3.30. The summed E-state index contributed by atoms with van der Waals surface area (Å²) in [6.07, 6.45) is 1.01. The topological polar surface area (TPSA) is 96.5 Å². The quantitative estimate of drug-likeness (QED) is 0.672. The van der Waals surface area contributed by atoms with Crippen molar-refractivity contribution < 1.29 is 23.5 Å². The Kier molecular flexibility index (Phi) is 3.52. The van der Waals surface area contributed by atoms with Gasteiger partial charge in [0.25, 0.3) is 0 Å². The van der Waals surface area contributed by atoms with Gasteiger partial charge in [0.15, 0.2) is 11.4 Å². The Morgan fingerprint density at radius 2 is 2.28 bits per heavy atom. The van der Waals surface area contributed by atoms with E-state index in [1.54, 1.807) is 36.9 Å². The number of cyclic esters (lactones) is 1. The van der Waals surface area contributed by atoms with E-state index in [0.717, 1.165) is 0 Å². The smallest absolute Gasteiger partial charge is 0.347 e. The van der Waals surface area contributed by atoms with Crippen LogP contribution in [0.4, 0.5) is 0 Å². The van der Waals surface area contributed by atoms with E-state index < -0.39 is 18.0 Å². The molecule has 0 N–H and O–H groups in total. The Balaban J connectivity index is 1.83. The van der Waals surface area contributed by atoms with Gasteiger partial charge in [-0.2, -0.15) is 5.10 Å². The van der Waals surface area contributed by atoms with Crippen LogP contribution in [0.25, 0.3) is 22.5 Å². The van der Waals surface area contributed by atoms with Gasteiger partial charge >= 0.3 is 11.9 Å². The Morgan fingerprint density at radius 3 is 2.96 bits per heavy atom. The van der Waals surface area contributed by atoms with Gasteiger partial charge in [0, 0.05) is 13.5 Å². The van der Waals surface area contributed by atoms with E-state index >= 15 is 0 Å². The van der Waals surface area contributed by atoms with Gasteiger partial charge in [-0.05, 0) is 25.1 Å². The number of fused-ring (bicyclic) bond motifs is 1. The molecule has 25 heavy (non-hydrogen) atoms. The van der Waals surface area contributed by atoms with Crippen LogP contribution in [-0.2, 0) is 21.3 Å². The summed E-state index contributed by atoms with van der Waals surface area (Å²) >= 11 is 0. The van der Waals surface area contributed by atoms with Gasteiger partial charge in [-0.15, -0.1) is 0 Å². The molecule has 1 aliphatic heterocycles. The van der Waals surface area contributed by atoms with Crippen LogP contribution in [0.1, 0.15) is 22.5 Å². The van der Waals surface area contributed by atoms with Gasteiger partial charge in [0.05, 0.1) is 29.5 Å². The summed E-state index contributed by atoms with van der Waals surface area (Å²) in [5, 5.41) is 4.92. The van der Waals surface area contributed by atoms with Gasteiger partial charge in [0.1, 0.15) is 5.69 Å². The molecule has 8 nitrogen and oxygen atoms in total. The van der Waals surface area contributed by atoms with Gasteiger partial charge in [-0.25, -0.2) is 14.6 Å². The molecule has 1 aliphatic rings. The van der Waals surface area contributed by atoms with Crippen LogP contribution in [0.3, 0.4) is 0 Å².